The van der Waals surface area contributed by atoms with E-state index >= 15 is 0 Å². The van der Waals surface area contributed by atoms with E-state index in [-0.39, 0.29) is 5.56 Å². The fourth-order valence-electron chi connectivity index (χ4n) is 3.10. The Kier molecular flexibility index (Phi) is 2.04. The number of nitrogens with zero attached hydrogens (tertiary/aromatic N) is 2. The second-order valence-corrected chi connectivity index (χ2v) is 5.11. The van der Waals surface area contributed by atoms with E-state index in [1.807, 2.05) is 23.7 Å². The number of hydrogen-bond donors (Lipinski definition) is 1. The van der Waals surface area contributed by atoms with Crippen molar-refractivity contribution in [2.45, 2.75) is 12.8 Å². The molecule has 0 fully saturated rings. The van der Waals surface area contributed by atoms with E-state index in [4.69, 9.17) is 0 Å². The van der Waals surface area contributed by atoms with Gasteiger partial charge in [0.05, 0.1) is 16.7 Å². The van der Waals surface area contributed by atoms with Gasteiger partial charge < -0.3 is 5.32 Å². The van der Waals surface area contributed by atoms with Crippen LogP contribution in [0, 0.1) is 0 Å². The fraction of sp³-hybridized carbons (Fsp3) is 0.267. The zero-order chi connectivity index (χ0) is 13.0. The summed E-state index contributed by atoms with van der Waals surface area (Å²) in [5, 5.41) is 4.57. The van der Waals surface area contributed by atoms with Crippen molar-refractivity contribution in [3.05, 3.63) is 46.2 Å². The van der Waals surface area contributed by atoms with Crippen molar-refractivity contribution in [1.82, 2.24) is 9.20 Å². The van der Waals surface area contributed by atoms with E-state index in [9.17, 15) is 4.79 Å². The highest BCUT2D eigenvalue weighted by Crippen LogP contribution is 2.29. The van der Waals surface area contributed by atoms with E-state index in [0.717, 1.165) is 41.7 Å². The molecule has 2 aromatic heterocycles. The van der Waals surface area contributed by atoms with E-state index in [0.29, 0.717) is 0 Å². The van der Waals surface area contributed by atoms with Crippen LogP contribution in [0.25, 0.3) is 16.4 Å². The third-order valence-electron chi connectivity index (χ3n) is 4.00. The minimum Gasteiger partial charge on any atom is -0.383 e. The van der Waals surface area contributed by atoms with E-state index < -0.39 is 0 Å². The van der Waals surface area contributed by atoms with Crippen LogP contribution in [-0.4, -0.2) is 15.7 Å². The van der Waals surface area contributed by atoms with Crippen molar-refractivity contribution < 1.29 is 0 Å². The number of para-hydroxylation sites is 1. The Morgan fingerprint density at radius 1 is 1.21 bits per heavy atom. The van der Waals surface area contributed by atoms with Crippen LogP contribution < -0.4 is 10.9 Å². The van der Waals surface area contributed by atoms with Gasteiger partial charge in [-0.3, -0.25) is 4.79 Å². The first-order valence-electron chi connectivity index (χ1n) is 6.63. The Morgan fingerprint density at radius 3 is 2.95 bits per heavy atom. The van der Waals surface area contributed by atoms with Gasteiger partial charge in [-0.05, 0) is 25.0 Å². The van der Waals surface area contributed by atoms with Crippen LogP contribution in [0.3, 0.4) is 0 Å². The molecule has 96 valence electrons. The zero-order valence-electron chi connectivity index (χ0n) is 10.8. The molecular weight excluding hydrogens is 238 g/mol. The molecule has 0 saturated heterocycles. The molecule has 1 N–H and O–H groups in total. The number of aromatic nitrogens is 2. The molecule has 4 nitrogen and oxygen atoms in total. The average molecular weight is 253 g/mol. The summed E-state index contributed by atoms with van der Waals surface area (Å²) in [5.74, 6) is 0. The van der Waals surface area contributed by atoms with Crippen LogP contribution in [-0.2, 0) is 13.5 Å². The van der Waals surface area contributed by atoms with Crippen LogP contribution in [0.5, 0.6) is 0 Å². The maximum atomic E-state index is 12.5. The topological polar surface area (TPSA) is 38.4 Å². The molecule has 1 aliphatic rings. The van der Waals surface area contributed by atoms with Gasteiger partial charge in [0.1, 0.15) is 0 Å². The van der Waals surface area contributed by atoms with E-state index in [2.05, 4.69) is 23.5 Å². The van der Waals surface area contributed by atoms with Crippen molar-refractivity contribution >= 4 is 22.1 Å². The Balaban J connectivity index is 2.29. The molecule has 1 aliphatic heterocycles. The molecule has 19 heavy (non-hydrogen) atoms. The number of anilines is 1. The molecule has 4 rings (SSSR count). The van der Waals surface area contributed by atoms with Gasteiger partial charge >= 0.3 is 0 Å². The molecule has 1 aromatic carbocycles. The van der Waals surface area contributed by atoms with Crippen molar-refractivity contribution in [1.29, 1.82) is 0 Å². The first kappa shape index (κ1) is 10.7. The summed E-state index contributed by atoms with van der Waals surface area (Å²) in [6.07, 6.45) is 1.89. The number of aryl methyl sites for hydroxylation is 1. The summed E-state index contributed by atoms with van der Waals surface area (Å²) in [6, 6.07) is 10.3. The van der Waals surface area contributed by atoms with Crippen molar-refractivity contribution in [2.24, 2.45) is 7.05 Å². The molecule has 0 unspecified atom stereocenters. The lowest BCUT2D eigenvalue weighted by Crippen LogP contribution is -2.30. The molecule has 0 bridgehead atoms. The van der Waals surface area contributed by atoms with Crippen LogP contribution in [0.4, 0.5) is 5.69 Å². The molecule has 4 heteroatoms. The second-order valence-electron chi connectivity index (χ2n) is 5.11. The lowest BCUT2D eigenvalue weighted by molar-refractivity contribution is 0.656. The number of hydrogen-bond acceptors (Lipinski definition) is 2. The SMILES string of the molecule is Cn1c(=O)c2c(c3cc4ccccc4n31)NCCC2. The standard InChI is InChI=1S/C15H15N3O/c1-17-15(19)11-6-4-8-16-14(11)13-9-10-5-2-3-7-12(10)18(13)17/h2-3,5,7,9,16H,4,6,8H2,1H3. The molecule has 0 aliphatic carbocycles. The van der Waals surface area contributed by atoms with Crippen molar-refractivity contribution in [3.63, 3.8) is 0 Å². The molecule has 3 heterocycles. The largest absolute Gasteiger partial charge is 0.383 e. The zero-order valence-corrected chi connectivity index (χ0v) is 10.8. The van der Waals surface area contributed by atoms with Gasteiger partial charge in [0, 0.05) is 24.5 Å². The maximum Gasteiger partial charge on any atom is 0.270 e. The lowest BCUT2D eigenvalue weighted by Gasteiger charge is -2.20. The van der Waals surface area contributed by atoms with Crippen molar-refractivity contribution in [3.8, 4) is 0 Å². The first-order valence-corrected chi connectivity index (χ1v) is 6.63. The summed E-state index contributed by atoms with van der Waals surface area (Å²) in [7, 11) is 1.84. The highest BCUT2D eigenvalue weighted by molar-refractivity contribution is 5.92. The van der Waals surface area contributed by atoms with Gasteiger partial charge in [-0.15, -0.1) is 0 Å². The maximum absolute atomic E-state index is 12.5. The quantitative estimate of drug-likeness (QED) is 0.666. The Hall–Kier alpha value is -2.23. The molecular formula is C15H15N3O. The lowest BCUT2D eigenvalue weighted by atomic mass is 10.1. The highest BCUT2D eigenvalue weighted by Gasteiger charge is 2.19. The molecule has 0 saturated carbocycles. The summed E-state index contributed by atoms with van der Waals surface area (Å²) in [4.78, 5) is 12.5. The third kappa shape index (κ3) is 1.31. The normalized spacial score (nSPS) is 14.6. The van der Waals surface area contributed by atoms with Gasteiger partial charge in [-0.1, -0.05) is 18.2 Å². The van der Waals surface area contributed by atoms with Gasteiger partial charge in [0.15, 0.2) is 0 Å². The Bertz CT molecular complexity index is 857. The minimum atomic E-state index is 0.107. The Labute approximate surface area is 110 Å². The number of benzene rings is 1. The molecule has 0 atom stereocenters. The highest BCUT2D eigenvalue weighted by atomic mass is 16.1. The number of rotatable bonds is 0. The Morgan fingerprint density at radius 2 is 2.05 bits per heavy atom. The minimum absolute atomic E-state index is 0.107. The van der Waals surface area contributed by atoms with Gasteiger partial charge in [0.25, 0.3) is 5.56 Å². The van der Waals surface area contributed by atoms with Crippen LogP contribution in [0.1, 0.15) is 12.0 Å². The van der Waals surface area contributed by atoms with Gasteiger partial charge in [0.2, 0.25) is 0 Å². The summed E-state index contributed by atoms with van der Waals surface area (Å²) in [6.45, 7) is 0.942. The van der Waals surface area contributed by atoms with Crippen LogP contribution in [0.2, 0.25) is 0 Å². The second kappa shape index (κ2) is 3.63. The monoisotopic (exact) mass is 253 g/mol. The van der Waals surface area contributed by atoms with Gasteiger partial charge in [-0.25, -0.2) is 9.20 Å². The number of nitrogens with one attached hydrogen (secondary N) is 1. The third-order valence-corrected chi connectivity index (χ3v) is 4.00. The smallest absolute Gasteiger partial charge is 0.270 e. The molecule has 0 amide bonds. The summed E-state index contributed by atoms with van der Waals surface area (Å²) in [5.41, 5.74) is 4.22. The predicted molar refractivity (Wildman–Crippen MR) is 77.0 cm³/mol. The molecule has 0 radical (unpaired) electrons. The van der Waals surface area contributed by atoms with Crippen LogP contribution >= 0.6 is 0 Å². The molecule has 3 aromatic rings. The summed E-state index contributed by atoms with van der Waals surface area (Å²) >= 11 is 0. The van der Waals surface area contributed by atoms with Gasteiger partial charge in [-0.2, -0.15) is 0 Å². The van der Waals surface area contributed by atoms with Crippen LogP contribution in [0.15, 0.2) is 35.1 Å². The summed E-state index contributed by atoms with van der Waals surface area (Å²) < 4.78 is 3.73. The molecule has 0 spiro atoms. The fourth-order valence-corrected chi connectivity index (χ4v) is 3.10. The first-order chi connectivity index (χ1) is 9.27. The van der Waals surface area contributed by atoms with Crippen molar-refractivity contribution in [2.75, 3.05) is 11.9 Å². The predicted octanol–water partition coefficient (Wildman–Crippen LogP) is 2.15. The van der Waals surface area contributed by atoms with E-state index in [1.165, 1.54) is 5.39 Å². The van der Waals surface area contributed by atoms with E-state index in [1.54, 1.807) is 4.68 Å². The average Bonchev–Trinajstić information content (AvgIpc) is 2.84. The number of fused-ring (bicyclic) bond motifs is 5.